The maximum absolute atomic E-state index is 5.77. The topological polar surface area (TPSA) is 49.2 Å². The van der Waals surface area contributed by atoms with E-state index in [0.717, 1.165) is 37.6 Å². The lowest BCUT2D eigenvalue weighted by atomic mass is 10.3. The quantitative estimate of drug-likeness (QED) is 0.517. The first kappa shape index (κ1) is 13.4. The van der Waals surface area contributed by atoms with Gasteiger partial charge in [0.1, 0.15) is 5.69 Å². The third-order valence-corrected chi connectivity index (χ3v) is 2.44. The van der Waals surface area contributed by atoms with Crippen molar-refractivity contribution in [1.82, 2.24) is 15.0 Å². The van der Waals surface area contributed by atoms with Crippen LogP contribution in [0.25, 0.3) is 0 Å². The van der Waals surface area contributed by atoms with Crippen LogP contribution in [0.1, 0.15) is 24.7 Å². The van der Waals surface area contributed by atoms with E-state index in [4.69, 9.17) is 21.1 Å². The molecule has 0 amide bonds. The van der Waals surface area contributed by atoms with Gasteiger partial charge in [-0.1, -0.05) is 5.21 Å². The summed E-state index contributed by atoms with van der Waals surface area (Å²) in [5.41, 5.74) is 1.74. The first-order valence-corrected chi connectivity index (χ1v) is 5.90. The molecule has 0 aliphatic rings. The Balaban J connectivity index is 2.53. The number of rotatable bonds is 8. The van der Waals surface area contributed by atoms with E-state index in [2.05, 4.69) is 10.3 Å². The number of methoxy groups -OCH3 is 1. The van der Waals surface area contributed by atoms with Crippen molar-refractivity contribution in [3.8, 4) is 0 Å². The standard InChI is InChI=1S/C10H18ClN3O2/c1-3-16-6-4-5-14-10(8-15-2)9(7-11)12-13-14/h3-8H2,1-2H3. The van der Waals surface area contributed by atoms with E-state index < -0.39 is 0 Å². The van der Waals surface area contributed by atoms with Crippen LogP contribution in [0.5, 0.6) is 0 Å². The first-order valence-electron chi connectivity index (χ1n) is 5.37. The summed E-state index contributed by atoms with van der Waals surface area (Å²) in [5.74, 6) is 0.365. The molecule has 1 heterocycles. The first-order chi connectivity index (χ1) is 7.83. The molecule has 0 fully saturated rings. The molecule has 0 N–H and O–H groups in total. The Morgan fingerprint density at radius 1 is 1.44 bits per heavy atom. The zero-order valence-corrected chi connectivity index (χ0v) is 10.5. The highest BCUT2D eigenvalue weighted by Gasteiger charge is 2.11. The molecule has 1 rings (SSSR count). The summed E-state index contributed by atoms with van der Waals surface area (Å²) in [6.45, 7) is 4.73. The number of aryl methyl sites for hydroxylation is 1. The Hall–Kier alpha value is -0.650. The highest BCUT2D eigenvalue weighted by Crippen LogP contribution is 2.10. The van der Waals surface area contributed by atoms with Crippen molar-refractivity contribution in [2.24, 2.45) is 0 Å². The van der Waals surface area contributed by atoms with Gasteiger partial charge in [0.2, 0.25) is 0 Å². The molecule has 0 saturated carbocycles. The third kappa shape index (κ3) is 3.73. The van der Waals surface area contributed by atoms with Gasteiger partial charge in [0, 0.05) is 26.9 Å². The Morgan fingerprint density at radius 3 is 2.88 bits per heavy atom. The lowest BCUT2D eigenvalue weighted by Crippen LogP contribution is -2.09. The zero-order valence-electron chi connectivity index (χ0n) is 9.78. The Labute approximate surface area is 101 Å². The maximum atomic E-state index is 5.77. The molecule has 0 bridgehead atoms. The van der Waals surface area contributed by atoms with E-state index in [1.54, 1.807) is 7.11 Å². The maximum Gasteiger partial charge on any atom is 0.103 e. The second kappa shape index (κ2) is 7.60. The monoisotopic (exact) mass is 247 g/mol. The van der Waals surface area contributed by atoms with Crippen LogP contribution in [0.4, 0.5) is 0 Å². The minimum absolute atomic E-state index is 0.365. The van der Waals surface area contributed by atoms with Gasteiger partial charge in [-0.15, -0.1) is 16.7 Å². The van der Waals surface area contributed by atoms with Crippen molar-refractivity contribution >= 4 is 11.6 Å². The Bertz CT molecular complexity index is 304. The molecule has 92 valence electrons. The minimum atomic E-state index is 0.365. The van der Waals surface area contributed by atoms with Gasteiger partial charge in [-0.2, -0.15) is 0 Å². The summed E-state index contributed by atoms with van der Waals surface area (Å²) < 4.78 is 12.2. The molecule has 0 atom stereocenters. The number of halogens is 1. The molecule has 0 aromatic carbocycles. The van der Waals surface area contributed by atoms with Crippen LogP contribution >= 0.6 is 11.6 Å². The number of aromatic nitrogens is 3. The van der Waals surface area contributed by atoms with Crippen LogP contribution in [0, 0.1) is 0 Å². The molecule has 0 aliphatic heterocycles. The molecule has 6 heteroatoms. The van der Waals surface area contributed by atoms with Crippen LogP contribution in [0.15, 0.2) is 0 Å². The number of hydrogen-bond donors (Lipinski definition) is 0. The Kier molecular flexibility index (Phi) is 6.37. The van der Waals surface area contributed by atoms with Crippen LogP contribution in [-0.2, 0) is 28.5 Å². The van der Waals surface area contributed by atoms with E-state index in [0.29, 0.717) is 12.5 Å². The second-order valence-electron chi connectivity index (χ2n) is 3.32. The highest BCUT2D eigenvalue weighted by atomic mass is 35.5. The van der Waals surface area contributed by atoms with Crippen molar-refractivity contribution in [3.63, 3.8) is 0 Å². The second-order valence-corrected chi connectivity index (χ2v) is 3.59. The molecule has 0 aliphatic carbocycles. The number of nitrogens with zero attached hydrogens (tertiary/aromatic N) is 3. The van der Waals surface area contributed by atoms with E-state index in [1.807, 2.05) is 11.6 Å². The summed E-state index contributed by atoms with van der Waals surface area (Å²) in [5, 5.41) is 8.06. The lowest BCUT2D eigenvalue weighted by Gasteiger charge is -2.06. The van der Waals surface area contributed by atoms with Gasteiger partial charge in [0.25, 0.3) is 0 Å². The third-order valence-electron chi connectivity index (χ3n) is 2.19. The predicted molar refractivity (Wildman–Crippen MR) is 61.4 cm³/mol. The number of hydrogen-bond acceptors (Lipinski definition) is 4. The highest BCUT2D eigenvalue weighted by molar-refractivity contribution is 6.16. The van der Waals surface area contributed by atoms with Crippen LogP contribution in [-0.4, -0.2) is 35.3 Å². The molecule has 1 aromatic heterocycles. The van der Waals surface area contributed by atoms with E-state index in [1.165, 1.54) is 0 Å². The molecule has 0 radical (unpaired) electrons. The fraction of sp³-hybridized carbons (Fsp3) is 0.800. The van der Waals surface area contributed by atoms with Gasteiger partial charge < -0.3 is 9.47 Å². The number of ether oxygens (including phenoxy) is 2. The van der Waals surface area contributed by atoms with Crippen molar-refractivity contribution in [1.29, 1.82) is 0 Å². The van der Waals surface area contributed by atoms with E-state index >= 15 is 0 Å². The lowest BCUT2D eigenvalue weighted by molar-refractivity contribution is 0.138. The minimum Gasteiger partial charge on any atom is -0.382 e. The van der Waals surface area contributed by atoms with Gasteiger partial charge in [0.05, 0.1) is 18.2 Å². The van der Waals surface area contributed by atoms with Gasteiger partial charge in [0.15, 0.2) is 0 Å². The van der Waals surface area contributed by atoms with E-state index in [9.17, 15) is 0 Å². The largest absolute Gasteiger partial charge is 0.382 e. The molecule has 0 saturated heterocycles. The molecule has 1 aromatic rings. The summed E-state index contributed by atoms with van der Waals surface area (Å²) in [6, 6.07) is 0. The fourth-order valence-electron chi connectivity index (χ4n) is 1.41. The summed E-state index contributed by atoms with van der Waals surface area (Å²) in [6.07, 6.45) is 0.912. The average Bonchev–Trinajstić information content (AvgIpc) is 2.68. The van der Waals surface area contributed by atoms with Crippen molar-refractivity contribution in [2.45, 2.75) is 32.4 Å². The normalized spacial score (nSPS) is 10.9. The van der Waals surface area contributed by atoms with Crippen molar-refractivity contribution < 1.29 is 9.47 Å². The summed E-state index contributed by atoms with van der Waals surface area (Å²) in [4.78, 5) is 0. The van der Waals surface area contributed by atoms with Gasteiger partial charge >= 0.3 is 0 Å². The summed E-state index contributed by atoms with van der Waals surface area (Å²) >= 11 is 5.77. The van der Waals surface area contributed by atoms with Crippen LogP contribution in [0.2, 0.25) is 0 Å². The van der Waals surface area contributed by atoms with Crippen LogP contribution < -0.4 is 0 Å². The van der Waals surface area contributed by atoms with E-state index in [-0.39, 0.29) is 0 Å². The molecule has 16 heavy (non-hydrogen) atoms. The summed E-state index contributed by atoms with van der Waals surface area (Å²) in [7, 11) is 1.65. The molecule has 0 unspecified atom stereocenters. The zero-order chi connectivity index (χ0) is 11.8. The van der Waals surface area contributed by atoms with Crippen LogP contribution in [0.3, 0.4) is 0 Å². The Morgan fingerprint density at radius 2 is 2.25 bits per heavy atom. The smallest absolute Gasteiger partial charge is 0.103 e. The SMILES string of the molecule is CCOCCCn1nnc(CCl)c1COC. The predicted octanol–water partition coefficient (Wildman–Crippen LogP) is 1.59. The van der Waals surface area contributed by atoms with Gasteiger partial charge in [-0.3, -0.25) is 0 Å². The number of alkyl halides is 1. The molecule has 5 nitrogen and oxygen atoms in total. The average molecular weight is 248 g/mol. The van der Waals surface area contributed by atoms with Crippen molar-refractivity contribution in [3.05, 3.63) is 11.4 Å². The van der Waals surface area contributed by atoms with Crippen molar-refractivity contribution in [2.75, 3.05) is 20.3 Å². The fourth-order valence-corrected chi connectivity index (χ4v) is 1.62. The molecule has 0 spiro atoms. The van der Waals surface area contributed by atoms with Gasteiger partial charge in [-0.05, 0) is 13.3 Å². The van der Waals surface area contributed by atoms with Gasteiger partial charge in [-0.25, -0.2) is 4.68 Å². The molecular formula is C10H18ClN3O2. The molecular weight excluding hydrogens is 230 g/mol.